The van der Waals surface area contributed by atoms with E-state index in [2.05, 4.69) is 18.7 Å². The maximum absolute atomic E-state index is 13.2. The van der Waals surface area contributed by atoms with Crippen molar-refractivity contribution in [3.63, 3.8) is 0 Å². The van der Waals surface area contributed by atoms with Gasteiger partial charge in [0, 0.05) is 58.2 Å². The maximum atomic E-state index is 13.2. The van der Waals surface area contributed by atoms with Crippen molar-refractivity contribution >= 4 is 21.6 Å². The topological polar surface area (TPSA) is 70.2 Å². The zero-order chi connectivity index (χ0) is 19.8. The fraction of sp³-hybridized carbons (Fsp3) is 0.632. The molecule has 7 nitrogen and oxygen atoms in total. The lowest BCUT2D eigenvalue weighted by atomic mass is 10.1. The molecular formula is C19H29N3O4S. The van der Waals surface area contributed by atoms with Crippen molar-refractivity contribution in [2.24, 2.45) is 0 Å². The molecule has 3 rings (SSSR count). The van der Waals surface area contributed by atoms with Crippen molar-refractivity contribution in [1.82, 2.24) is 9.21 Å². The lowest BCUT2D eigenvalue weighted by Crippen LogP contribution is -2.58. The number of anilines is 1. The molecule has 150 valence electrons. The second-order valence-electron chi connectivity index (χ2n) is 7.52. The molecule has 27 heavy (non-hydrogen) atoms. The summed E-state index contributed by atoms with van der Waals surface area (Å²) < 4.78 is 33.1. The van der Waals surface area contributed by atoms with Gasteiger partial charge in [-0.15, -0.1) is 0 Å². The van der Waals surface area contributed by atoms with E-state index in [1.165, 1.54) is 0 Å². The van der Waals surface area contributed by atoms with E-state index in [0.29, 0.717) is 19.7 Å². The number of sulfonamides is 1. The molecule has 0 aromatic heterocycles. The molecule has 2 unspecified atom stereocenters. The minimum Gasteiger partial charge on any atom is -0.385 e. The SMILES string of the molecule is COCCCN1C(C)CN(S(=O)(=O)c2ccc3c(c2)CC(=O)N3C)CC1C. The molecular weight excluding hydrogens is 366 g/mol. The molecule has 2 aliphatic rings. The Morgan fingerprint density at radius 3 is 2.48 bits per heavy atom. The molecule has 0 bridgehead atoms. The monoisotopic (exact) mass is 395 g/mol. The van der Waals surface area contributed by atoms with Crippen molar-refractivity contribution < 1.29 is 17.9 Å². The number of hydrogen-bond acceptors (Lipinski definition) is 5. The minimum atomic E-state index is -3.58. The van der Waals surface area contributed by atoms with Crippen molar-refractivity contribution in [3.8, 4) is 0 Å². The zero-order valence-corrected chi connectivity index (χ0v) is 17.3. The van der Waals surface area contributed by atoms with Crippen LogP contribution < -0.4 is 4.90 Å². The van der Waals surface area contributed by atoms with E-state index < -0.39 is 10.0 Å². The summed E-state index contributed by atoms with van der Waals surface area (Å²) in [7, 11) is -0.170. The van der Waals surface area contributed by atoms with E-state index in [9.17, 15) is 13.2 Å². The van der Waals surface area contributed by atoms with E-state index in [0.717, 1.165) is 24.2 Å². The highest BCUT2D eigenvalue weighted by Crippen LogP contribution is 2.31. The standard InChI is InChI=1S/C19H29N3O4S/c1-14-12-21(13-15(2)22(14)8-5-9-26-4)27(24,25)17-6-7-18-16(10-17)11-19(23)20(18)3/h6-7,10,14-15H,5,8-9,11-13H2,1-4H3. The van der Waals surface area contributed by atoms with Crippen LogP contribution in [-0.4, -0.2) is 76.0 Å². The van der Waals surface area contributed by atoms with Gasteiger partial charge in [-0.2, -0.15) is 4.31 Å². The molecule has 0 saturated carbocycles. The van der Waals surface area contributed by atoms with Crippen LogP contribution in [0.2, 0.25) is 0 Å². The maximum Gasteiger partial charge on any atom is 0.243 e. The van der Waals surface area contributed by atoms with Gasteiger partial charge in [-0.3, -0.25) is 9.69 Å². The smallest absolute Gasteiger partial charge is 0.243 e. The third-order valence-electron chi connectivity index (χ3n) is 5.60. The van der Waals surface area contributed by atoms with Gasteiger partial charge in [-0.05, 0) is 44.0 Å². The number of likely N-dealkylation sites (N-methyl/N-ethyl adjacent to an activating group) is 1. The Hall–Kier alpha value is -1.48. The molecule has 1 saturated heterocycles. The average molecular weight is 396 g/mol. The van der Waals surface area contributed by atoms with E-state index in [4.69, 9.17) is 4.74 Å². The zero-order valence-electron chi connectivity index (χ0n) is 16.5. The highest BCUT2D eigenvalue weighted by molar-refractivity contribution is 7.89. The van der Waals surface area contributed by atoms with Crippen LogP contribution in [0.3, 0.4) is 0 Å². The third-order valence-corrected chi connectivity index (χ3v) is 7.43. The van der Waals surface area contributed by atoms with Crippen LogP contribution in [0.4, 0.5) is 5.69 Å². The van der Waals surface area contributed by atoms with Gasteiger partial charge >= 0.3 is 0 Å². The predicted molar refractivity (Wildman–Crippen MR) is 104 cm³/mol. The Morgan fingerprint density at radius 2 is 1.85 bits per heavy atom. The fourth-order valence-corrected chi connectivity index (χ4v) is 5.75. The van der Waals surface area contributed by atoms with E-state index in [-0.39, 0.29) is 29.3 Å². The van der Waals surface area contributed by atoms with Crippen LogP contribution in [-0.2, 0) is 26.0 Å². The molecule has 1 aromatic carbocycles. The summed E-state index contributed by atoms with van der Waals surface area (Å²) >= 11 is 0. The number of nitrogens with zero attached hydrogens (tertiary/aromatic N) is 3. The predicted octanol–water partition coefficient (Wildman–Crippen LogP) is 1.33. The molecule has 0 N–H and O–H groups in total. The van der Waals surface area contributed by atoms with Gasteiger partial charge in [0.15, 0.2) is 0 Å². The Balaban J connectivity index is 1.77. The summed E-state index contributed by atoms with van der Waals surface area (Å²) in [6.07, 6.45) is 1.19. The number of rotatable bonds is 6. The van der Waals surface area contributed by atoms with Crippen molar-refractivity contribution in [3.05, 3.63) is 23.8 Å². The van der Waals surface area contributed by atoms with Gasteiger partial charge < -0.3 is 9.64 Å². The number of amides is 1. The Kier molecular flexibility index (Phi) is 5.90. The molecule has 2 aliphatic heterocycles. The van der Waals surface area contributed by atoms with Crippen LogP contribution in [0.1, 0.15) is 25.8 Å². The first-order valence-electron chi connectivity index (χ1n) is 9.40. The second kappa shape index (κ2) is 7.87. The van der Waals surface area contributed by atoms with E-state index >= 15 is 0 Å². The molecule has 1 fully saturated rings. The number of fused-ring (bicyclic) bond motifs is 1. The number of ether oxygens (including phenoxy) is 1. The van der Waals surface area contributed by atoms with E-state index in [1.807, 2.05) is 0 Å². The fourth-order valence-electron chi connectivity index (χ4n) is 4.09. The first kappa shape index (κ1) is 20.3. The number of carbonyl (C=O) groups excluding carboxylic acids is 1. The molecule has 0 spiro atoms. The molecule has 0 aliphatic carbocycles. The summed E-state index contributed by atoms with van der Waals surface area (Å²) in [6, 6.07) is 5.29. The van der Waals surface area contributed by atoms with Crippen LogP contribution in [0, 0.1) is 0 Å². The second-order valence-corrected chi connectivity index (χ2v) is 9.46. The van der Waals surface area contributed by atoms with Crippen molar-refractivity contribution in [2.75, 3.05) is 45.3 Å². The third kappa shape index (κ3) is 3.89. The van der Waals surface area contributed by atoms with E-state index in [1.54, 1.807) is 41.6 Å². The number of benzene rings is 1. The lowest BCUT2D eigenvalue weighted by Gasteiger charge is -2.43. The highest BCUT2D eigenvalue weighted by atomic mass is 32.2. The van der Waals surface area contributed by atoms with Crippen LogP contribution in [0.5, 0.6) is 0 Å². The molecule has 1 aromatic rings. The van der Waals surface area contributed by atoms with Gasteiger partial charge in [-0.25, -0.2) is 8.42 Å². The summed E-state index contributed by atoms with van der Waals surface area (Å²) in [4.78, 5) is 16.1. The molecule has 8 heteroatoms. The average Bonchev–Trinajstić information content (AvgIpc) is 2.91. The number of methoxy groups -OCH3 is 1. The van der Waals surface area contributed by atoms with Gasteiger partial charge in [0.25, 0.3) is 0 Å². The van der Waals surface area contributed by atoms with Crippen molar-refractivity contribution in [1.29, 1.82) is 0 Å². The first-order chi connectivity index (χ1) is 12.8. The normalized spacial score (nSPS) is 24.4. The number of hydrogen-bond donors (Lipinski definition) is 0. The van der Waals surface area contributed by atoms with Crippen LogP contribution in [0.25, 0.3) is 0 Å². The summed E-state index contributed by atoms with van der Waals surface area (Å²) in [5, 5.41) is 0. The lowest BCUT2D eigenvalue weighted by molar-refractivity contribution is -0.117. The van der Waals surface area contributed by atoms with Crippen molar-refractivity contribution in [2.45, 2.75) is 43.7 Å². The van der Waals surface area contributed by atoms with Gasteiger partial charge in [0.1, 0.15) is 0 Å². The van der Waals surface area contributed by atoms with Gasteiger partial charge in [0.05, 0.1) is 11.3 Å². The largest absolute Gasteiger partial charge is 0.385 e. The Labute approximate surface area is 161 Å². The summed E-state index contributed by atoms with van der Waals surface area (Å²) in [5.41, 5.74) is 1.58. The Bertz CT molecular complexity index is 799. The molecule has 0 radical (unpaired) electrons. The minimum absolute atomic E-state index is 0.00790. The van der Waals surface area contributed by atoms with Crippen LogP contribution in [0.15, 0.2) is 23.1 Å². The Morgan fingerprint density at radius 1 is 1.19 bits per heavy atom. The van der Waals surface area contributed by atoms with Crippen LogP contribution >= 0.6 is 0 Å². The summed E-state index contributed by atoms with van der Waals surface area (Å²) in [6.45, 7) is 6.69. The number of carbonyl (C=O) groups is 1. The number of piperazine rings is 1. The first-order valence-corrected chi connectivity index (χ1v) is 10.8. The summed E-state index contributed by atoms with van der Waals surface area (Å²) in [5.74, 6) is -0.00790. The van der Waals surface area contributed by atoms with Gasteiger partial charge in [-0.1, -0.05) is 0 Å². The van der Waals surface area contributed by atoms with Gasteiger partial charge in [0.2, 0.25) is 15.9 Å². The quantitative estimate of drug-likeness (QED) is 0.680. The molecule has 2 atom stereocenters. The molecule has 1 amide bonds. The molecule has 2 heterocycles. The highest BCUT2D eigenvalue weighted by Gasteiger charge is 2.36.